The van der Waals surface area contributed by atoms with E-state index in [1.54, 1.807) is 30.3 Å². The lowest BCUT2D eigenvalue weighted by atomic mass is 10.1. The van der Waals surface area contributed by atoms with Crippen molar-refractivity contribution in [2.45, 2.75) is 33.8 Å². The Bertz CT molecular complexity index is 1180. The molecule has 0 aliphatic carbocycles. The van der Waals surface area contributed by atoms with Crippen LogP contribution >= 0.6 is 0 Å². The predicted octanol–water partition coefficient (Wildman–Crippen LogP) is 4.28. The standard InChI is InChI=1S/C25H25N3O4/c1-16-21(17(2)28(27-16)20-10-6-5-7-11-20)14-15-24(30)32-19(4)25(31)26-23-13-9-8-12-22(23)18(3)29/h5-15,19H,1-4H3,(H,26,31)/b15-14+. The van der Waals surface area contributed by atoms with Gasteiger partial charge in [-0.3, -0.25) is 9.59 Å². The van der Waals surface area contributed by atoms with Crippen LogP contribution in [0.4, 0.5) is 5.69 Å². The van der Waals surface area contributed by atoms with Crippen LogP contribution in [0.25, 0.3) is 11.8 Å². The Morgan fingerprint density at radius 1 is 1.03 bits per heavy atom. The number of benzene rings is 2. The first-order valence-corrected chi connectivity index (χ1v) is 10.2. The number of Topliss-reactive ketones (excluding diaryl/α,β-unsaturated/α-hetero) is 1. The second-order valence-electron chi connectivity index (χ2n) is 7.34. The van der Waals surface area contributed by atoms with Crippen molar-refractivity contribution in [2.24, 2.45) is 0 Å². The highest BCUT2D eigenvalue weighted by atomic mass is 16.5. The van der Waals surface area contributed by atoms with Crippen LogP contribution in [-0.4, -0.2) is 33.5 Å². The lowest BCUT2D eigenvalue weighted by Crippen LogP contribution is -2.30. The summed E-state index contributed by atoms with van der Waals surface area (Å²) in [6.07, 6.45) is 1.87. The van der Waals surface area contributed by atoms with Gasteiger partial charge < -0.3 is 10.1 Å². The summed E-state index contributed by atoms with van der Waals surface area (Å²) in [5.74, 6) is -1.35. The fourth-order valence-corrected chi connectivity index (χ4v) is 3.27. The molecular formula is C25H25N3O4. The summed E-state index contributed by atoms with van der Waals surface area (Å²) in [4.78, 5) is 36.4. The van der Waals surface area contributed by atoms with Crippen LogP contribution < -0.4 is 5.32 Å². The number of carbonyl (C=O) groups excluding carboxylic acids is 3. The van der Waals surface area contributed by atoms with E-state index in [9.17, 15) is 14.4 Å². The minimum atomic E-state index is -1.04. The zero-order chi connectivity index (χ0) is 23.3. The Morgan fingerprint density at radius 2 is 1.69 bits per heavy atom. The number of anilines is 1. The number of hydrogen-bond donors (Lipinski definition) is 1. The molecule has 0 aliphatic heterocycles. The van der Waals surface area contributed by atoms with Gasteiger partial charge >= 0.3 is 5.97 Å². The molecule has 1 unspecified atom stereocenters. The maximum absolute atomic E-state index is 12.4. The molecule has 0 bridgehead atoms. The molecule has 7 heteroatoms. The van der Waals surface area contributed by atoms with Gasteiger partial charge in [-0.2, -0.15) is 5.10 Å². The highest BCUT2D eigenvalue weighted by Crippen LogP contribution is 2.19. The number of esters is 1. The quantitative estimate of drug-likeness (QED) is 0.343. The Hall–Kier alpha value is -4.00. The molecule has 164 valence electrons. The predicted molar refractivity (Wildman–Crippen MR) is 123 cm³/mol. The van der Waals surface area contributed by atoms with Crippen LogP contribution in [0, 0.1) is 13.8 Å². The van der Waals surface area contributed by atoms with Crippen molar-refractivity contribution in [1.82, 2.24) is 9.78 Å². The third-order valence-electron chi connectivity index (χ3n) is 4.96. The zero-order valence-electron chi connectivity index (χ0n) is 18.5. The molecule has 32 heavy (non-hydrogen) atoms. The summed E-state index contributed by atoms with van der Waals surface area (Å²) in [5, 5.41) is 7.17. The average molecular weight is 431 g/mol. The molecule has 1 atom stereocenters. The summed E-state index contributed by atoms with van der Waals surface area (Å²) in [6.45, 7) is 6.67. The van der Waals surface area contributed by atoms with Crippen molar-refractivity contribution in [3.05, 3.63) is 83.2 Å². The number of carbonyl (C=O) groups is 3. The first kappa shape index (κ1) is 22.7. The maximum atomic E-state index is 12.4. The van der Waals surface area contributed by atoms with Gasteiger partial charge in [0.2, 0.25) is 0 Å². The van der Waals surface area contributed by atoms with Gasteiger partial charge in [-0.1, -0.05) is 30.3 Å². The Morgan fingerprint density at radius 3 is 2.38 bits per heavy atom. The molecule has 1 aromatic heterocycles. The van der Waals surface area contributed by atoms with Gasteiger partial charge in [0.15, 0.2) is 11.9 Å². The van der Waals surface area contributed by atoms with E-state index < -0.39 is 18.0 Å². The minimum absolute atomic E-state index is 0.171. The summed E-state index contributed by atoms with van der Waals surface area (Å²) in [7, 11) is 0. The van der Waals surface area contributed by atoms with Gasteiger partial charge in [0.1, 0.15) is 0 Å². The number of nitrogens with one attached hydrogen (secondary N) is 1. The molecule has 3 aromatic rings. The van der Waals surface area contributed by atoms with E-state index in [-0.39, 0.29) is 5.78 Å². The van der Waals surface area contributed by atoms with Gasteiger partial charge in [-0.15, -0.1) is 0 Å². The van der Waals surface area contributed by atoms with Crippen molar-refractivity contribution in [2.75, 3.05) is 5.32 Å². The van der Waals surface area contributed by atoms with Crippen molar-refractivity contribution < 1.29 is 19.1 Å². The largest absolute Gasteiger partial charge is 0.449 e. The maximum Gasteiger partial charge on any atom is 0.331 e. The van der Waals surface area contributed by atoms with Crippen molar-refractivity contribution in [3.63, 3.8) is 0 Å². The van der Waals surface area contributed by atoms with Crippen molar-refractivity contribution in [3.8, 4) is 5.69 Å². The van der Waals surface area contributed by atoms with Crippen LogP contribution in [0.2, 0.25) is 0 Å². The number of aromatic nitrogens is 2. The van der Waals surface area contributed by atoms with E-state index in [1.165, 1.54) is 19.9 Å². The summed E-state index contributed by atoms with van der Waals surface area (Å²) in [5.41, 5.74) is 4.14. The number of rotatable bonds is 7. The second-order valence-corrected chi connectivity index (χ2v) is 7.34. The third-order valence-corrected chi connectivity index (χ3v) is 4.96. The Kier molecular flexibility index (Phi) is 7.00. The monoisotopic (exact) mass is 431 g/mol. The van der Waals surface area contributed by atoms with Gasteiger partial charge in [0.05, 0.1) is 17.1 Å². The minimum Gasteiger partial charge on any atom is -0.449 e. The number of hydrogen-bond acceptors (Lipinski definition) is 5. The molecule has 7 nitrogen and oxygen atoms in total. The van der Waals surface area contributed by atoms with Crippen LogP contribution in [0.5, 0.6) is 0 Å². The van der Waals surface area contributed by atoms with Gasteiger partial charge in [-0.25, -0.2) is 9.48 Å². The summed E-state index contributed by atoms with van der Waals surface area (Å²) < 4.78 is 7.04. The Labute approximate surface area is 186 Å². The number of aryl methyl sites for hydroxylation is 1. The number of para-hydroxylation sites is 2. The van der Waals surface area contributed by atoms with Gasteiger partial charge in [0, 0.05) is 22.9 Å². The smallest absolute Gasteiger partial charge is 0.331 e. The van der Waals surface area contributed by atoms with E-state index in [2.05, 4.69) is 10.4 Å². The third kappa shape index (κ3) is 5.18. The van der Waals surface area contributed by atoms with Crippen LogP contribution in [-0.2, 0) is 14.3 Å². The first-order valence-electron chi connectivity index (χ1n) is 10.2. The molecular weight excluding hydrogens is 406 g/mol. The van der Waals surface area contributed by atoms with Gasteiger partial charge in [-0.05, 0) is 58.0 Å². The molecule has 0 spiro atoms. The topological polar surface area (TPSA) is 90.3 Å². The number of nitrogens with zero attached hydrogens (tertiary/aromatic N) is 2. The molecule has 0 aliphatic rings. The lowest BCUT2D eigenvalue weighted by Gasteiger charge is -2.14. The molecule has 1 heterocycles. The first-order chi connectivity index (χ1) is 15.3. The molecule has 1 amide bonds. The van der Waals surface area contributed by atoms with Crippen LogP contribution in [0.15, 0.2) is 60.7 Å². The van der Waals surface area contributed by atoms with E-state index in [0.717, 1.165) is 22.6 Å². The molecule has 0 saturated carbocycles. The van der Waals surface area contributed by atoms with Gasteiger partial charge in [0.25, 0.3) is 5.91 Å². The molecule has 0 saturated heterocycles. The zero-order valence-corrected chi connectivity index (χ0v) is 18.5. The van der Waals surface area contributed by atoms with E-state index in [4.69, 9.17) is 4.74 Å². The summed E-state index contributed by atoms with van der Waals surface area (Å²) >= 11 is 0. The normalized spacial score (nSPS) is 11.9. The average Bonchev–Trinajstić information content (AvgIpc) is 3.06. The fourth-order valence-electron chi connectivity index (χ4n) is 3.27. The van der Waals surface area contributed by atoms with Crippen molar-refractivity contribution >= 4 is 29.4 Å². The second kappa shape index (κ2) is 9.87. The summed E-state index contributed by atoms with van der Waals surface area (Å²) in [6, 6.07) is 16.4. The van der Waals surface area contributed by atoms with Crippen LogP contribution in [0.1, 0.15) is 41.2 Å². The van der Waals surface area contributed by atoms with E-state index in [1.807, 2.05) is 48.9 Å². The Balaban J connectivity index is 1.66. The van der Waals surface area contributed by atoms with E-state index >= 15 is 0 Å². The van der Waals surface area contributed by atoms with Crippen LogP contribution in [0.3, 0.4) is 0 Å². The highest BCUT2D eigenvalue weighted by Gasteiger charge is 2.19. The van der Waals surface area contributed by atoms with E-state index in [0.29, 0.717) is 11.3 Å². The molecule has 0 fully saturated rings. The molecule has 1 N–H and O–H groups in total. The molecule has 3 rings (SSSR count). The fraction of sp³-hybridized carbons (Fsp3) is 0.200. The number of ether oxygens (including phenoxy) is 1. The highest BCUT2D eigenvalue weighted by molar-refractivity contribution is 6.05. The number of amides is 1. The number of ketones is 1. The molecule has 2 aromatic carbocycles. The molecule has 0 radical (unpaired) electrons. The SMILES string of the molecule is CC(=O)c1ccccc1NC(=O)C(C)OC(=O)/C=C/c1c(C)nn(-c2ccccc2)c1C. The van der Waals surface area contributed by atoms with Crippen molar-refractivity contribution in [1.29, 1.82) is 0 Å². The lowest BCUT2D eigenvalue weighted by molar-refractivity contribution is -0.148.